The second-order valence-electron chi connectivity index (χ2n) is 7.27. The van der Waals surface area contributed by atoms with E-state index in [2.05, 4.69) is 10.6 Å². The Balaban J connectivity index is 1.92. The molecule has 0 saturated heterocycles. The molecular weight excluding hydrogens is 324 g/mol. The summed E-state index contributed by atoms with van der Waals surface area (Å²) >= 11 is 0. The van der Waals surface area contributed by atoms with Crippen LogP contribution in [0, 0.1) is 5.92 Å². The van der Waals surface area contributed by atoms with Crippen molar-refractivity contribution in [1.82, 2.24) is 10.6 Å². The molecule has 7 nitrogen and oxygen atoms in total. The Hall–Kier alpha value is -2.44. The fourth-order valence-electron chi connectivity index (χ4n) is 2.32. The largest absolute Gasteiger partial charge is 0.454 e. The first-order valence-corrected chi connectivity index (χ1v) is 8.31. The molecule has 2 rings (SSSR count). The van der Waals surface area contributed by atoms with Crippen LogP contribution in [0.4, 0.5) is 4.79 Å². The van der Waals surface area contributed by atoms with Crippen LogP contribution < -0.4 is 20.1 Å². The van der Waals surface area contributed by atoms with E-state index in [1.54, 1.807) is 20.8 Å². The summed E-state index contributed by atoms with van der Waals surface area (Å²) in [6, 6.07) is 4.82. The number of amides is 2. The lowest BCUT2D eigenvalue weighted by molar-refractivity contribution is -0.124. The molecule has 0 aromatic heterocycles. The molecule has 0 radical (unpaired) electrons. The number of nitrogens with one attached hydrogen (secondary N) is 2. The lowest BCUT2D eigenvalue weighted by atomic mass is 10.0. The van der Waals surface area contributed by atoms with Gasteiger partial charge in [-0.15, -0.1) is 0 Å². The highest BCUT2D eigenvalue weighted by Gasteiger charge is 2.26. The van der Waals surface area contributed by atoms with Crippen LogP contribution in [0.2, 0.25) is 0 Å². The number of hydrogen-bond donors (Lipinski definition) is 2. The Morgan fingerprint density at radius 3 is 2.52 bits per heavy atom. The van der Waals surface area contributed by atoms with Gasteiger partial charge in [-0.1, -0.05) is 19.9 Å². The average molecular weight is 350 g/mol. The number of fused-ring (bicyclic) bond motifs is 1. The molecule has 138 valence electrons. The molecular formula is C18H26N2O5. The molecule has 7 heteroatoms. The van der Waals surface area contributed by atoms with Gasteiger partial charge >= 0.3 is 6.09 Å². The van der Waals surface area contributed by atoms with Crippen molar-refractivity contribution in [2.45, 2.75) is 52.8 Å². The van der Waals surface area contributed by atoms with Gasteiger partial charge in [0.15, 0.2) is 11.5 Å². The fourth-order valence-corrected chi connectivity index (χ4v) is 2.32. The predicted octanol–water partition coefficient (Wildman–Crippen LogP) is 2.58. The van der Waals surface area contributed by atoms with E-state index in [-0.39, 0.29) is 18.6 Å². The zero-order valence-corrected chi connectivity index (χ0v) is 15.3. The Bertz CT molecular complexity index is 637. The highest BCUT2D eigenvalue weighted by molar-refractivity contribution is 5.85. The highest BCUT2D eigenvalue weighted by Crippen LogP contribution is 2.32. The molecule has 0 saturated carbocycles. The van der Waals surface area contributed by atoms with Crippen LogP contribution in [0.1, 0.15) is 40.2 Å². The standard InChI is InChI=1S/C18H26N2O5/c1-11(2)15(20-17(22)25-18(3,4)5)16(21)19-9-12-6-7-13-14(8-12)24-10-23-13/h6-8,11,15H,9-10H2,1-5H3,(H,19,21)(H,20,22). The molecule has 0 spiro atoms. The summed E-state index contributed by atoms with van der Waals surface area (Å²) in [4.78, 5) is 24.4. The van der Waals surface area contributed by atoms with Crippen molar-refractivity contribution in [1.29, 1.82) is 0 Å². The number of ether oxygens (including phenoxy) is 3. The van der Waals surface area contributed by atoms with E-state index in [9.17, 15) is 9.59 Å². The van der Waals surface area contributed by atoms with Crippen LogP contribution in [0.3, 0.4) is 0 Å². The van der Waals surface area contributed by atoms with Gasteiger partial charge in [-0.3, -0.25) is 4.79 Å². The minimum Gasteiger partial charge on any atom is -0.454 e. The van der Waals surface area contributed by atoms with Crippen molar-refractivity contribution in [2.24, 2.45) is 5.92 Å². The number of hydrogen-bond acceptors (Lipinski definition) is 5. The van der Waals surface area contributed by atoms with E-state index in [1.807, 2.05) is 32.0 Å². The fraction of sp³-hybridized carbons (Fsp3) is 0.556. The number of rotatable bonds is 5. The maximum Gasteiger partial charge on any atom is 0.408 e. The molecule has 25 heavy (non-hydrogen) atoms. The van der Waals surface area contributed by atoms with Crippen LogP contribution in [-0.2, 0) is 16.1 Å². The van der Waals surface area contributed by atoms with E-state index in [0.29, 0.717) is 18.0 Å². The predicted molar refractivity (Wildman–Crippen MR) is 92.4 cm³/mol. The van der Waals surface area contributed by atoms with Crippen LogP contribution >= 0.6 is 0 Å². The van der Waals surface area contributed by atoms with E-state index in [0.717, 1.165) is 5.56 Å². The van der Waals surface area contributed by atoms with Crippen molar-refractivity contribution >= 4 is 12.0 Å². The van der Waals surface area contributed by atoms with Crippen LogP contribution in [0.15, 0.2) is 18.2 Å². The summed E-state index contributed by atoms with van der Waals surface area (Å²) in [6.45, 7) is 9.59. The first-order chi connectivity index (χ1) is 11.7. The first kappa shape index (κ1) is 18.9. The van der Waals surface area contributed by atoms with Crippen LogP contribution in [-0.4, -0.2) is 30.4 Å². The Morgan fingerprint density at radius 1 is 1.20 bits per heavy atom. The van der Waals surface area contributed by atoms with Gasteiger partial charge in [0.1, 0.15) is 11.6 Å². The second kappa shape index (κ2) is 7.63. The third kappa shape index (κ3) is 5.55. The van der Waals surface area contributed by atoms with Gasteiger partial charge in [-0.25, -0.2) is 4.79 Å². The normalized spacial score (nSPS) is 14.2. The summed E-state index contributed by atoms with van der Waals surface area (Å²) in [7, 11) is 0. The molecule has 1 unspecified atom stereocenters. The zero-order chi connectivity index (χ0) is 18.6. The van der Waals surface area contributed by atoms with Crippen LogP contribution in [0.5, 0.6) is 11.5 Å². The Labute approximate surface area is 148 Å². The van der Waals surface area contributed by atoms with Gasteiger partial charge in [-0.2, -0.15) is 0 Å². The molecule has 1 atom stereocenters. The second-order valence-corrected chi connectivity index (χ2v) is 7.27. The molecule has 0 fully saturated rings. The molecule has 2 N–H and O–H groups in total. The summed E-state index contributed by atoms with van der Waals surface area (Å²) in [5.74, 6) is 1.02. The lowest BCUT2D eigenvalue weighted by Gasteiger charge is -2.25. The topological polar surface area (TPSA) is 85.9 Å². The summed E-state index contributed by atoms with van der Waals surface area (Å²) in [5, 5.41) is 5.47. The van der Waals surface area contributed by atoms with Gasteiger partial charge in [-0.05, 0) is 44.4 Å². The van der Waals surface area contributed by atoms with Gasteiger partial charge in [0.05, 0.1) is 0 Å². The average Bonchev–Trinajstić information content (AvgIpc) is 2.95. The maximum atomic E-state index is 12.5. The summed E-state index contributed by atoms with van der Waals surface area (Å²) < 4.78 is 15.8. The molecule has 1 aliphatic heterocycles. The minimum absolute atomic E-state index is 0.0794. The van der Waals surface area contributed by atoms with E-state index in [1.165, 1.54) is 0 Å². The zero-order valence-electron chi connectivity index (χ0n) is 15.3. The lowest BCUT2D eigenvalue weighted by Crippen LogP contribution is -2.50. The number of carbonyl (C=O) groups excluding carboxylic acids is 2. The highest BCUT2D eigenvalue weighted by atomic mass is 16.7. The smallest absolute Gasteiger partial charge is 0.408 e. The van der Waals surface area contributed by atoms with E-state index >= 15 is 0 Å². The van der Waals surface area contributed by atoms with Gasteiger partial charge in [0.25, 0.3) is 0 Å². The number of carbonyl (C=O) groups is 2. The number of alkyl carbamates (subject to hydrolysis) is 1. The van der Waals surface area contributed by atoms with E-state index < -0.39 is 17.7 Å². The molecule has 1 aliphatic rings. The minimum atomic E-state index is -0.677. The van der Waals surface area contributed by atoms with Gasteiger partial charge in [0.2, 0.25) is 12.7 Å². The van der Waals surface area contributed by atoms with Crippen molar-refractivity contribution in [2.75, 3.05) is 6.79 Å². The molecule has 1 heterocycles. The Kier molecular flexibility index (Phi) is 5.77. The summed E-state index contributed by atoms with van der Waals surface area (Å²) in [5.41, 5.74) is 0.270. The molecule has 0 bridgehead atoms. The number of benzene rings is 1. The molecule has 0 aliphatic carbocycles. The molecule has 1 aromatic rings. The van der Waals surface area contributed by atoms with E-state index in [4.69, 9.17) is 14.2 Å². The quantitative estimate of drug-likeness (QED) is 0.852. The van der Waals surface area contributed by atoms with Gasteiger partial charge < -0.3 is 24.8 Å². The first-order valence-electron chi connectivity index (χ1n) is 8.31. The maximum absolute atomic E-state index is 12.5. The van der Waals surface area contributed by atoms with Crippen LogP contribution in [0.25, 0.3) is 0 Å². The SMILES string of the molecule is CC(C)C(NC(=O)OC(C)(C)C)C(=O)NCc1ccc2c(c1)OCO2. The molecule has 2 amide bonds. The molecule has 1 aromatic carbocycles. The van der Waals surface area contributed by atoms with Crippen molar-refractivity contribution in [3.05, 3.63) is 23.8 Å². The Morgan fingerprint density at radius 2 is 1.88 bits per heavy atom. The van der Waals surface area contributed by atoms with Gasteiger partial charge in [0, 0.05) is 6.54 Å². The third-order valence-electron chi connectivity index (χ3n) is 3.53. The third-order valence-corrected chi connectivity index (χ3v) is 3.53. The summed E-state index contributed by atoms with van der Waals surface area (Å²) in [6.07, 6.45) is -0.607. The van der Waals surface area contributed by atoms with Crippen molar-refractivity contribution in [3.8, 4) is 11.5 Å². The van der Waals surface area contributed by atoms with Crippen molar-refractivity contribution < 1.29 is 23.8 Å². The van der Waals surface area contributed by atoms with Crippen molar-refractivity contribution in [3.63, 3.8) is 0 Å². The monoisotopic (exact) mass is 350 g/mol.